The van der Waals surface area contributed by atoms with Crippen molar-refractivity contribution in [1.82, 2.24) is 9.47 Å². The second-order valence-electron chi connectivity index (χ2n) is 6.34. The highest BCUT2D eigenvalue weighted by atomic mass is 16.5. The average Bonchev–Trinajstić information content (AvgIpc) is 3.12. The third kappa shape index (κ3) is 3.79. The third-order valence-electron chi connectivity index (χ3n) is 4.53. The number of urea groups is 1. The van der Waals surface area contributed by atoms with E-state index < -0.39 is 0 Å². The maximum absolute atomic E-state index is 12.5. The highest BCUT2D eigenvalue weighted by Gasteiger charge is 2.19. The largest absolute Gasteiger partial charge is 0.376 e. The topological polar surface area (TPSA) is 46.5 Å². The van der Waals surface area contributed by atoms with E-state index in [1.54, 1.807) is 4.90 Å². The van der Waals surface area contributed by atoms with E-state index in [4.69, 9.17) is 4.74 Å². The molecule has 24 heavy (non-hydrogen) atoms. The lowest BCUT2D eigenvalue weighted by Gasteiger charge is -2.27. The van der Waals surface area contributed by atoms with Gasteiger partial charge in [-0.15, -0.1) is 0 Å². The number of rotatable bonds is 4. The van der Waals surface area contributed by atoms with Crippen molar-refractivity contribution in [2.75, 3.05) is 25.5 Å². The molecule has 1 aromatic heterocycles. The maximum Gasteiger partial charge on any atom is 0.321 e. The molecule has 5 heteroatoms. The van der Waals surface area contributed by atoms with Gasteiger partial charge in [0, 0.05) is 44.0 Å². The Morgan fingerprint density at radius 2 is 2.08 bits per heavy atom. The van der Waals surface area contributed by atoms with Gasteiger partial charge in [0.15, 0.2) is 0 Å². The Balaban J connectivity index is 1.66. The van der Waals surface area contributed by atoms with Gasteiger partial charge in [0.1, 0.15) is 0 Å². The van der Waals surface area contributed by atoms with Crippen LogP contribution in [0.3, 0.4) is 0 Å². The van der Waals surface area contributed by atoms with Gasteiger partial charge in [-0.3, -0.25) is 0 Å². The van der Waals surface area contributed by atoms with Crippen molar-refractivity contribution < 1.29 is 9.53 Å². The molecule has 0 spiro atoms. The van der Waals surface area contributed by atoms with Crippen molar-refractivity contribution in [1.29, 1.82) is 0 Å². The van der Waals surface area contributed by atoms with Gasteiger partial charge in [-0.05, 0) is 56.0 Å². The molecule has 1 aliphatic rings. The van der Waals surface area contributed by atoms with Crippen molar-refractivity contribution in [2.24, 2.45) is 0 Å². The molecule has 0 bridgehead atoms. The van der Waals surface area contributed by atoms with Crippen LogP contribution in [-0.4, -0.2) is 41.8 Å². The molecule has 0 aliphatic carbocycles. The molecule has 1 aliphatic heterocycles. The minimum atomic E-state index is -0.100. The standard InChI is InChI=1S/C19H25N3O2/c1-15-17(9-7-10-18(15)22-11-4-5-12-22)20-19(23)21(2)14-16-8-3-6-13-24-16/h4-5,7,9-12,16H,3,6,8,13-14H2,1-2H3,(H,20,23)/t16-/m0/s1. The molecule has 2 amide bonds. The van der Waals surface area contributed by atoms with Crippen LogP contribution in [0.1, 0.15) is 24.8 Å². The molecule has 1 saturated heterocycles. The number of hydrogen-bond donors (Lipinski definition) is 1. The Morgan fingerprint density at radius 1 is 1.29 bits per heavy atom. The average molecular weight is 327 g/mol. The molecule has 5 nitrogen and oxygen atoms in total. The maximum atomic E-state index is 12.5. The Hall–Kier alpha value is -2.27. The summed E-state index contributed by atoms with van der Waals surface area (Å²) in [5.41, 5.74) is 2.95. The van der Waals surface area contributed by atoms with E-state index in [2.05, 4.69) is 5.32 Å². The zero-order chi connectivity index (χ0) is 16.9. The summed E-state index contributed by atoms with van der Waals surface area (Å²) in [5.74, 6) is 0. The van der Waals surface area contributed by atoms with Gasteiger partial charge in [0.05, 0.1) is 6.10 Å². The second kappa shape index (κ2) is 7.53. The number of carbonyl (C=O) groups excluding carboxylic acids is 1. The SMILES string of the molecule is Cc1c(NC(=O)N(C)C[C@@H]2CCCCO2)cccc1-n1cccc1. The first kappa shape index (κ1) is 16.6. The molecule has 128 valence electrons. The monoisotopic (exact) mass is 327 g/mol. The van der Waals surface area contributed by atoms with Crippen molar-refractivity contribution in [3.05, 3.63) is 48.3 Å². The lowest BCUT2D eigenvalue weighted by Crippen LogP contribution is -2.39. The van der Waals surface area contributed by atoms with Gasteiger partial charge in [-0.25, -0.2) is 4.79 Å². The van der Waals surface area contributed by atoms with Gasteiger partial charge < -0.3 is 19.5 Å². The van der Waals surface area contributed by atoms with Crippen LogP contribution < -0.4 is 5.32 Å². The summed E-state index contributed by atoms with van der Waals surface area (Å²) in [7, 11) is 1.82. The molecule has 1 fully saturated rings. The number of benzene rings is 1. The Kier molecular flexibility index (Phi) is 5.20. The number of aromatic nitrogens is 1. The smallest absolute Gasteiger partial charge is 0.321 e. The number of likely N-dealkylation sites (N-methyl/N-ethyl adjacent to an activating group) is 1. The zero-order valence-electron chi connectivity index (χ0n) is 14.4. The van der Waals surface area contributed by atoms with E-state index in [0.29, 0.717) is 6.54 Å². The molecule has 1 N–H and O–H groups in total. The predicted octanol–water partition coefficient (Wildman–Crippen LogP) is 3.82. The molecule has 1 aromatic carbocycles. The summed E-state index contributed by atoms with van der Waals surface area (Å²) in [6.07, 6.45) is 7.48. The van der Waals surface area contributed by atoms with Crippen molar-refractivity contribution in [2.45, 2.75) is 32.3 Å². The summed E-state index contributed by atoms with van der Waals surface area (Å²) in [4.78, 5) is 14.2. The van der Waals surface area contributed by atoms with Gasteiger partial charge >= 0.3 is 6.03 Å². The molecule has 3 rings (SSSR count). The number of hydrogen-bond acceptors (Lipinski definition) is 2. The fraction of sp³-hybridized carbons (Fsp3) is 0.421. The molecule has 0 saturated carbocycles. The van der Waals surface area contributed by atoms with Gasteiger partial charge in [0.25, 0.3) is 0 Å². The van der Waals surface area contributed by atoms with Crippen LogP contribution in [-0.2, 0) is 4.74 Å². The van der Waals surface area contributed by atoms with Crippen LogP contribution >= 0.6 is 0 Å². The fourth-order valence-corrected chi connectivity index (χ4v) is 3.08. The summed E-state index contributed by atoms with van der Waals surface area (Å²) in [6, 6.07) is 9.82. The minimum Gasteiger partial charge on any atom is -0.376 e. The predicted molar refractivity (Wildman–Crippen MR) is 95.7 cm³/mol. The lowest BCUT2D eigenvalue weighted by atomic mass is 10.1. The first-order chi connectivity index (χ1) is 11.6. The molecular formula is C19H25N3O2. The summed E-state index contributed by atoms with van der Waals surface area (Å²) in [5, 5.41) is 3.02. The molecule has 0 radical (unpaired) electrons. The van der Waals surface area contributed by atoms with E-state index in [1.165, 1.54) is 6.42 Å². The van der Waals surface area contributed by atoms with Crippen LogP contribution in [0, 0.1) is 6.92 Å². The normalized spacial score (nSPS) is 17.5. The van der Waals surface area contributed by atoms with Crippen molar-refractivity contribution >= 4 is 11.7 Å². The van der Waals surface area contributed by atoms with E-state index >= 15 is 0 Å². The summed E-state index contributed by atoms with van der Waals surface area (Å²) >= 11 is 0. The molecule has 2 heterocycles. The minimum absolute atomic E-state index is 0.100. The van der Waals surface area contributed by atoms with Crippen LogP contribution in [0.15, 0.2) is 42.7 Å². The van der Waals surface area contributed by atoms with Crippen LogP contribution in [0.25, 0.3) is 5.69 Å². The second-order valence-corrected chi connectivity index (χ2v) is 6.34. The summed E-state index contributed by atoms with van der Waals surface area (Å²) < 4.78 is 7.76. The van der Waals surface area contributed by atoms with Crippen molar-refractivity contribution in [3.63, 3.8) is 0 Å². The van der Waals surface area contributed by atoms with E-state index in [9.17, 15) is 4.79 Å². The van der Waals surface area contributed by atoms with Crippen LogP contribution in [0.4, 0.5) is 10.5 Å². The number of ether oxygens (including phenoxy) is 1. The Bertz CT molecular complexity index is 676. The zero-order valence-corrected chi connectivity index (χ0v) is 14.4. The summed E-state index contributed by atoms with van der Waals surface area (Å²) in [6.45, 7) is 3.45. The molecule has 0 unspecified atom stereocenters. The van der Waals surface area contributed by atoms with E-state index in [-0.39, 0.29) is 12.1 Å². The number of nitrogens with zero attached hydrogens (tertiary/aromatic N) is 2. The molecular weight excluding hydrogens is 302 g/mol. The third-order valence-corrected chi connectivity index (χ3v) is 4.53. The quantitative estimate of drug-likeness (QED) is 0.928. The van der Waals surface area contributed by atoms with Gasteiger partial charge in [-0.1, -0.05) is 6.07 Å². The van der Waals surface area contributed by atoms with Gasteiger partial charge in [0.2, 0.25) is 0 Å². The molecule has 2 aromatic rings. The van der Waals surface area contributed by atoms with Crippen LogP contribution in [0.2, 0.25) is 0 Å². The van der Waals surface area contributed by atoms with Crippen molar-refractivity contribution in [3.8, 4) is 5.69 Å². The first-order valence-corrected chi connectivity index (χ1v) is 8.52. The van der Waals surface area contributed by atoms with E-state index in [1.807, 2.05) is 61.3 Å². The van der Waals surface area contributed by atoms with Gasteiger partial charge in [-0.2, -0.15) is 0 Å². The highest BCUT2D eigenvalue weighted by Crippen LogP contribution is 2.23. The number of nitrogens with one attached hydrogen (secondary N) is 1. The molecule has 1 atom stereocenters. The Morgan fingerprint density at radius 3 is 2.79 bits per heavy atom. The first-order valence-electron chi connectivity index (χ1n) is 8.52. The number of carbonyl (C=O) groups is 1. The fourth-order valence-electron chi connectivity index (χ4n) is 3.08. The number of anilines is 1. The highest BCUT2D eigenvalue weighted by molar-refractivity contribution is 5.90. The Labute approximate surface area is 143 Å². The number of amides is 2. The van der Waals surface area contributed by atoms with E-state index in [0.717, 1.165) is 36.4 Å². The van der Waals surface area contributed by atoms with Crippen LogP contribution in [0.5, 0.6) is 0 Å². The lowest BCUT2D eigenvalue weighted by molar-refractivity contribution is 0.00463.